The molecular formula is C13H14N2O2. The highest BCUT2D eigenvalue weighted by Gasteiger charge is 2.17. The van der Waals surface area contributed by atoms with E-state index < -0.39 is 0 Å². The summed E-state index contributed by atoms with van der Waals surface area (Å²) in [5.74, 6) is 0.142. The van der Waals surface area contributed by atoms with Gasteiger partial charge in [-0.25, -0.2) is 4.57 Å². The molecule has 0 radical (unpaired) electrons. The van der Waals surface area contributed by atoms with Gasteiger partial charge in [0.2, 0.25) is 0 Å². The summed E-state index contributed by atoms with van der Waals surface area (Å²) in [5, 5.41) is 10.9. The number of rotatable bonds is 3. The third-order valence-electron chi connectivity index (χ3n) is 2.81. The van der Waals surface area contributed by atoms with E-state index in [-0.39, 0.29) is 10.7 Å². The monoisotopic (exact) mass is 230 g/mol. The van der Waals surface area contributed by atoms with Crippen LogP contribution in [-0.2, 0) is 6.54 Å². The summed E-state index contributed by atoms with van der Waals surface area (Å²) < 4.78 is 1.71. The van der Waals surface area contributed by atoms with Crippen molar-refractivity contribution in [3.05, 3.63) is 52.1 Å². The maximum Gasteiger partial charge on any atom is 0.323 e. The molecule has 1 aromatic heterocycles. The molecule has 1 aromatic carbocycles. The van der Waals surface area contributed by atoms with Gasteiger partial charge < -0.3 is 10.1 Å². The number of nitro groups is 1. The number of aryl methyl sites for hydroxylation is 1. The Balaban J connectivity index is 2.52. The van der Waals surface area contributed by atoms with E-state index in [0.717, 1.165) is 11.3 Å². The van der Waals surface area contributed by atoms with Crippen LogP contribution >= 0.6 is 0 Å². The predicted molar refractivity (Wildman–Crippen MR) is 66.9 cm³/mol. The number of aromatic nitrogens is 1. The average Bonchev–Trinajstić information content (AvgIpc) is 2.73. The molecule has 0 N–H and O–H groups in total. The highest BCUT2D eigenvalue weighted by molar-refractivity contribution is 5.63. The molecule has 88 valence electrons. The number of nitrogens with zero attached hydrogens (tertiary/aromatic N) is 2. The first-order valence-corrected chi connectivity index (χ1v) is 5.54. The second kappa shape index (κ2) is 4.41. The molecule has 17 heavy (non-hydrogen) atoms. The van der Waals surface area contributed by atoms with Crippen LogP contribution in [0.3, 0.4) is 0 Å². The van der Waals surface area contributed by atoms with Crippen molar-refractivity contribution in [2.24, 2.45) is 0 Å². The minimum absolute atomic E-state index is 0.142. The normalized spacial score (nSPS) is 10.5. The van der Waals surface area contributed by atoms with E-state index in [0.29, 0.717) is 6.54 Å². The lowest BCUT2D eigenvalue weighted by molar-refractivity contribution is -0.391. The van der Waals surface area contributed by atoms with Crippen molar-refractivity contribution < 1.29 is 4.92 Å². The standard InChI is InChI=1S/C13H14N2O2/c1-3-14-12(8-9-13(14)15(16)17)11-6-4-10(2)5-7-11/h4-9H,3H2,1-2H3. The van der Waals surface area contributed by atoms with E-state index in [2.05, 4.69) is 0 Å². The molecular weight excluding hydrogens is 216 g/mol. The summed E-state index contributed by atoms with van der Waals surface area (Å²) in [6, 6.07) is 11.3. The molecule has 1 heterocycles. The van der Waals surface area contributed by atoms with E-state index in [1.54, 1.807) is 16.7 Å². The fourth-order valence-corrected chi connectivity index (χ4v) is 1.92. The summed E-state index contributed by atoms with van der Waals surface area (Å²) in [5.41, 5.74) is 3.07. The van der Waals surface area contributed by atoms with Crippen molar-refractivity contribution in [2.45, 2.75) is 20.4 Å². The van der Waals surface area contributed by atoms with Crippen molar-refractivity contribution >= 4 is 5.82 Å². The van der Waals surface area contributed by atoms with Gasteiger partial charge in [0, 0.05) is 11.6 Å². The van der Waals surface area contributed by atoms with Crippen LogP contribution < -0.4 is 0 Å². The van der Waals surface area contributed by atoms with Crippen LogP contribution in [0.2, 0.25) is 0 Å². The first-order chi connectivity index (χ1) is 8.13. The summed E-state index contributed by atoms with van der Waals surface area (Å²) >= 11 is 0. The Kier molecular flexibility index (Phi) is 2.95. The Labute approximate surface area is 99.7 Å². The highest BCUT2D eigenvalue weighted by atomic mass is 16.6. The van der Waals surface area contributed by atoms with Gasteiger partial charge in [-0.05, 0) is 24.8 Å². The minimum atomic E-state index is -0.346. The van der Waals surface area contributed by atoms with Crippen LogP contribution in [0.5, 0.6) is 0 Å². The fraction of sp³-hybridized carbons (Fsp3) is 0.231. The third kappa shape index (κ3) is 2.06. The predicted octanol–water partition coefficient (Wildman–Crippen LogP) is 3.39. The summed E-state index contributed by atoms with van der Waals surface area (Å²) in [6.07, 6.45) is 0. The van der Waals surface area contributed by atoms with Gasteiger partial charge in [0.1, 0.15) is 5.69 Å². The first kappa shape index (κ1) is 11.4. The number of hydrogen-bond acceptors (Lipinski definition) is 2. The molecule has 0 saturated heterocycles. The molecule has 4 nitrogen and oxygen atoms in total. The molecule has 0 atom stereocenters. The van der Waals surface area contributed by atoms with Crippen molar-refractivity contribution in [3.63, 3.8) is 0 Å². The van der Waals surface area contributed by atoms with Crippen molar-refractivity contribution in [1.29, 1.82) is 0 Å². The molecule has 2 aromatic rings. The average molecular weight is 230 g/mol. The first-order valence-electron chi connectivity index (χ1n) is 5.54. The molecule has 0 spiro atoms. The van der Waals surface area contributed by atoms with Crippen LogP contribution in [0.1, 0.15) is 12.5 Å². The lowest BCUT2D eigenvalue weighted by atomic mass is 10.1. The molecule has 2 rings (SSSR count). The Morgan fingerprint density at radius 3 is 2.35 bits per heavy atom. The summed E-state index contributed by atoms with van der Waals surface area (Å²) in [7, 11) is 0. The van der Waals surface area contributed by atoms with Gasteiger partial charge in [-0.15, -0.1) is 0 Å². The van der Waals surface area contributed by atoms with Crippen LogP contribution in [0.4, 0.5) is 5.82 Å². The molecule has 0 saturated carbocycles. The van der Waals surface area contributed by atoms with E-state index in [1.165, 1.54) is 5.56 Å². The lowest BCUT2D eigenvalue weighted by Gasteiger charge is -2.04. The molecule has 0 amide bonds. The SMILES string of the molecule is CCn1c(-c2ccc(C)cc2)ccc1[N+](=O)[O-]. The zero-order chi connectivity index (χ0) is 12.4. The van der Waals surface area contributed by atoms with E-state index >= 15 is 0 Å². The quantitative estimate of drug-likeness (QED) is 0.599. The van der Waals surface area contributed by atoms with Gasteiger partial charge in [0.15, 0.2) is 0 Å². The van der Waals surface area contributed by atoms with E-state index in [4.69, 9.17) is 0 Å². The lowest BCUT2D eigenvalue weighted by Crippen LogP contribution is -2.02. The zero-order valence-electron chi connectivity index (χ0n) is 9.88. The minimum Gasteiger partial charge on any atom is -0.358 e. The van der Waals surface area contributed by atoms with Gasteiger partial charge in [0.25, 0.3) is 0 Å². The maximum absolute atomic E-state index is 10.9. The Bertz CT molecular complexity index is 541. The number of hydrogen-bond donors (Lipinski definition) is 0. The van der Waals surface area contributed by atoms with Gasteiger partial charge in [0.05, 0.1) is 6.54 Å². The summed E-state index contributed by atoms with van der Waals surface area (Å²) in [6.45, 7) is 4.52. The fourth-order valence-electron chi connectivity index (χ4n) is 1.92. The van der Waals surface area contributed by atoms with Gasteiger partial charge in [-0.1, -0.05) is 29.8 Å². The molecule has 0 fully saturated rings. The zero-order valence-corrected chi connectivity index (χ0v) is 9.88. The van der Waals surface area contributed by atoms with Crippen LogP contribution in [0.25, 0.3) is 11.3 Å². The van der Waals surface area contributed by atoms with Crippen LogP contribution in [-0.4, -0.2) is 9.49 Å². The van der Waals surface area contributed by atoms with Gasteiger partial charge >= 0.3 is 5.82 Å². The topological polar surface area (TPSA) is 48.1 Å². The Morgan fingerprint density at radius 2 is 1.82 bits per heavy atom. The highest BCUT2D eigenvalue weighted by Crippen LogP contribution is 2.26. The molecule has 0 aliphatic heterocycles. The summed E-state index contributed by atoms with van der Waals surface area (Å²) in [4.78, 5) is 10.5. The van der Waals surface area contributed by atoms with Crippen molar-refractivity contribution in [3.8, 4) is 11.3 Å². The molecule has 0 unspecified atom stereocenters. The Hall–Kier alpha value is -2.10. The maximum atomic E-state index is 10.9. The van der Waals surface area contributed by atoms with E-state index in [1.807, 2.05) is 38.1 Å². The molecule has 0 bridgehead atoms. The molecule has 0 aliphatic carbocycles. The van der Waals surface area contributed by atoms with Crippen LogP contribution in [0, 0.1) is 17.0 Å². The Morgan fingerprint density at radius 1 is 1.18 bits per heavy atom. The third-order valence-corrected chi connectivity index (χ3v) is 2.81. The van der Waals surface area contributed by atoms with Crippen LogP contribution in [0.15, 0.2) is 36.4 Å². The largest absolute Gasteiger partial charge is 0.358 e. The van der Waals surface area contributed by atoms with Gasteiger partial charge in [-0.2, -0.15) is 0 Å². The smallest absolute Gasteiger partial charge is 0.323 e. The second-order valence-corrected chi connectivity index (χ2v) is 3.94. The van der Waals surface area contributed by atoms with Gasteiger partial charge in [-0.3, -0.25) is 0 Å². The molecule has 0 aliphatic rings. The molecule has 4 heteroatoms. The van der Waals surface area contributed by atoms with E-state index in [9.17, 15) is 10.1 Å². The van der Waals surface area contributed by atoms with Crippen molar-refractivity contribution in [2.75, 3.05) is 0 Å². The number of benzene rings is 1. The second-order valence-electron chi connectivity index (χ2n) is 3.94. The van der Waals surface area contributed by atoms with Crippen molar-refractivity contribution in [1.82, 2.24) is 4.57 Å².